The number of benzene rings is 1. The van der Waals surface area contributed by atoms with E-state index in [4.69, 9.17) is 4.74 Å². The summed E-state index contributed by atoms with van der Waals surface area (Å²) in [7, 11) is 2.05. The van der Waals surface area contributed by atoms with Gasteiger partial charge in [0.25, 0.3) is 0 Å². The first-order valence-corrected chi connectivity index (χ1v) is 7.60. The third kappa shape index (κ3) is 2.44. The summed E-state index contributed by atoms with van der Waals surface area (Å²) in [5.41, 5.74) is 4.93. The number of hydrogen-bond acceptors (Lipinski definition) is 2. The lowest BCUT2D eigenvalue weighted by Crippen LogP contribution is -2.40. The SMILES string of the molecule is CNCC1(Cc2ccc3c(c2)CCC3)CCOC1C. The molecule has 0 radical (unpaired) electrons. The van der Waals surface area contributed by atoms with Crippen LogP contribution in [0.4, 0.5) is 0 Å². The Kier molecular flexibility index (Phi) is 3.64. The maximum atomic E-state index is 5.85. The number of aryl methyl sites for hydroxylation is 2. The Morgan fingerprint density at radius 1 is 1.32 bits per heavy atom. The quantitative estimate of drug-likeness (QED) is 0.897. The van der Waals surface area contributed by atoms with Gasteiger partial charge in [-0.2, -0.15) is 0 Å². The maximum absolute atomic E-state index is 5.85. The van der Waals surface area contributed by atoms with Gasteiger partial charge in [0.2, 0.25) is 0 Å². The molecule has 1 aliphatic heterocycles. The van der Waals surface area contributed by atoms with Crippen LogP contribution in [-0.2, 0) is 24.0 Å². The largest absolute Gasteiger partial charge is 0.378 e. The van der Waals surface area contributed by atoms with Crippen LogP contribution in [0.2, 0.25) is 0 Å². The summed E-state index contributed by atoms with van der Waals surface area (Å²) < 4.78 is 5.85. The predicted molar refractivity (Wildman–Crippen MR) is 78.6 cm³/mol. The van der Waals surface area contributed by atoms with Gasteiger partial charge in [0.05, 0.1) is 6.10 Å². The van der Waals surface area contributed by atoms with E-state index >= 15 is 0 Å². The Morgan fingerprint density at radius 3 is 2.89 bits per heavy atom. The summed E-state index contributed by atoms with van der Waals surface area (Å²) in [4.78, 5) is 0. The molecular formula is C17H25NO. The molecule has 1 aromatic carbocycles. The van der Waals surface area contributed by atoms with Crippen molar-refractivity contribution in [2.24, 2.45) is 5.41 Å². The van der Waals surface area contributed by atoms with Crippen LogP contribution in [-0.4, -0.2) is 26.3 Å². The smallest absolute Gasteiger partial charge is 0.0619 e. The van der Waals surface area contributed by atoms with Gasteiger partial charge < -0.3 is 10.1 Å². The molecule has 1 N–H and O–H groups in total. The van der Waals surface area contributed by atoms with E-state index in [1.165, 1.54) is 31.2 Å². The lowest BCUT2D eigenvalue weighted by molar-refractivity contribution is 0.0640. The summed E-state index contributed by atoms with van der Waals surface area (Å²) in [5, 5.41) is 3.37. The van der Waals surface area contributed by atoms with Crippen LogP contribution in [0.15, 0.2) is 18.2 Å². The van der Waals surface area contributed by atoms with Crippen molar-refractivity contribution in [3.8, 4) is 0 Å². The monoisotopic (exact) mass is 259 g/mol. The molecule has 1 aromatic rings. The molecule has 2 aliphatic rings. The molecular weight excluding hydrogens is 234 g/mol. The second-order valence-corrected chi connectivity index (χ2v) is 6.29. The molecule has 0 aromatic heterocycles. The van der Waals surface area contributed by atoms with Crippen molar-refractivity contribution in [3.05, 3.63) is 34.9 Å². The normalized spacial score (nSPS) is 29.7. The Labute approximate surface area is 116 Å². The fraction of sp³-hybridized carbons (Fsp3) is 0.647. The Morgan fingerprint density at radius 2 is 2.16 bits per heavy atom. The molecule has 0 spiro atoms. The molecule has 1 heterocycles. The van der Waals surface area contributed by atoms with Gasteiger partial charge in [-0.25, -0.2) is 0 Å². The van der Waals surface area contributed by atoms with E-state index in [1.807, 2.05) is 0 Å². The van der Waals surface area contributed by atoms with E-state index in [1.54, 1.807) is 11.1 Å². The van der Waals surface area contributed by atoms with Gasteiger partial charge in [-0.15, -0.1) is 0 Å². The van der Waals surface area contributed by atoms with Gasteiger partial charge >= 0.3 is 0 Å². The third-order valence-corrected chi connectivity index (χ3v) is 5.08. The lowest BCUT2D eigenvalue weighted by Gasteiger charge is -2.32. The highest BCUT2D eigenvalue weighted by Crippen LogP contribution is 2.38. The molecule has 1 fully saturated rings. The van der Waals surface area contributed by atoms with Gasteiger partial charge in [0.1, 0.15) is 0 Å². The third-order valence-electron chi connectivity index (χ3n) is 5.08. The number of rotatable bonds is 4. The van der Waals surface area contributed by atoms with Crippen molar-refractivity contribution < 1.29 is 4.74 Å². The second-order valence-electron chi connectivity index (χ2n) is 6.29. The topological polar surface area (TPSA) is 21.3 Å². The van der Waals surface area contributed by atoms with Gasteiger partial charge in [0.15, 0.2) is 0 Å². The van der Waals surface area contributed by atoms with E-state index in [0.29, 0.717) is 6.10 Å². The first-order valence-electron chi connectivity index (χ1n) is 7.60. The van der Waals surface area contributed by atoms with Crippen LogP contribution in [0.1, 0.15) is 36.5 Å². The van der Waals surface area contributed by atoms with Crippen molar-refractivity contribution >= 4 is 0 Å². The fourth-order valence-corrected chi connectivity index (χ4v) is 3.84. The van der Waals surface area contributed by atoms with E-state index < -0.39 is 0 Å². The van der Waals surface area contributed by atoms with Crippen molar-refractivity contribution in [3.63, 3.8) is 0 Å². The molecule has 1 aliphatic carbocycles. The Balaban J connectivity index is 1.82. The van der Waals surface area contributed by atoms with Crippen LogP contribution in [0.25, 0.3) is 0 Å². The number of fused-ring (bicyclic) bond motifs is 1. The van der Waals surface area contributed by atoms with E-state index in [0.717, 1.165) is 19.6 Å². The van der Waals surface area contributed by atoms with Gasteiger partial charge in [-0.3, -0.25) is 0 Å². The van der Waals surface area contributed by atoms with E-state index in [9.17, 15) is 0 Å². The number of nitrogens with one attached hydrogen (secondary N) is 1. The second kappa shape index (κ2) is 5.26. The first-order chi connectivity index (χ1) is 9.23. The van der Waals surface area contributed by atoms with Crippen molar-refractivity contribution in [1.82, 2.24) is 5.32 Å². The molecule has 2 unspecified atom stereocenters. The van der Waals surface area contributed by atoms with Crippen LogP contribution < -0.4 is 5.32 Å². The molecule has 0 bridgehead atoms. The van der Waals surface area contributed by atoms with Crippen molar-refractivity contribution in [2.75, 3.05) is 20.2 Å². The fourth-order valence-electron chi connectivity index (χ4n) is 3.84. The molecule has 2 atom stereocenters. The first kappa shape index (κ1) is 13.1. The average Bonchev–Trinajstić information content (AvgIpc) is 2.98. The molecule has 2 nitrogen and oxygen atoms in total. The summed E-state index contributed by atoms with van der Waals surface area (Å²) >= 11 is 0. The highest BCUT2D eigenvalue weighted by atomic mass is 16.5. The summed E-state index contributed by atoms with van der Waals surface area (Å²) in [6.45, 7) is 4.19. The lowest BCUT2D eigenvalue weighted by atomic mass is 9.76. The van der Waals surface area contributed by atoms with Crippen molar-refractivity contribution in [1.29, 1.82) is 0 Å². The molecule has 3 rings (SSSR count). The standard InChI is InChI=1S/C17H25NO/c1-13-17(12-18-2,8-9-19-13)11-14-6-7-15-4-3-5-16(15)10-14/h6-7,10,13,18H,3-5,8-9,11-12H2,1-2H3. The predicted octanol–water partition coefficient (Wildman–Crippen LogP) is 2.73. The minimum absolute atomic E-state index is 0.279. The van der Waals surface area contributed by atoms with Gasteiger partial charge in [0, 0.05) is 18.6 Å². The minimum Gasteiger partial charge on any atom is -0.378 e. The molecule has 1 saturated heterocycles. The van der Waals surface area contributed by atoms with Crippen LogP contribution >= 0.6 is 0 Å². The van der Waals surface area contributed by atoms with Gasteiger partial charge in [-0.05, 0) is 62.8 Å². The number of ether oxygens (including phenoxy) is 1. The van der Waals surface area contributed by atoms with E-state index in [-0.39, 0.29) is 5.41 Å². The highest BCUT2D eigenvalue weighted by molar-refractivity contribution is 5.36. The Bertz CT molecular complexity index is 457. The molecule has 104 valence electrons. The molecule has 0 saturated carbocycles. The minimum atomic E-state index is 0.279. The number of hydrogen-bond donors (Lipinski definition) is 1. The average molecular weight is 259 g/mol. The van der Waals surface area contributed by atoms with Crippen LogP contribution in [0.3, 0.4) is 0 Å². The summed E-state index contributed by atoms with van der Waals surface area (Å²) in [5.74, 6) is 0. The highest BCUT2D eigenvalue weighted by Gasteiger charge is 2.40. The maximum Gasteiger partial charge on any atom is 0.0619 e. The molecule has 2 heteroatoms. The van der Waals surface area contributed by atoms with Crippen molar-refractivity contribution in [2.45, 2.75) is 45.1 Å². The van der Waals surface area contributed by atoms with Crippen LogP contribution in [0.5, 0.6) is 0 Å². The molecule has 19 heavy (non-hydrogen) atoms. The Hall–Kier alpha value is -0.860. The summed E-state index contributed by atoms with van der Waals surface area (Å²) in [6.07, 6.45) is 6.55. The zero-order chi connectivity index (χ0) is 13.3. The zero-order valence-corrected chi connectivity index (χ0v) is 12.2. The van der Waals surface area contributed by atoms with Crippen LogP contribution in [0, 0.1) is 5.41 Å². The summed E-state index contributed by atoms with van der Waals surface area (Å²) in [6, 6.07) is 7.14. The van der Waals surface area contributed by atoms with Gasteiger partial charge in [-0.1, -0.05) is 18.2 Å². The molecule has 0 amide bonds. The van der Waals surface area contributed by atoms with E-state index in [2.05, 4.69) is 37.5 Å². The zero-order valence-electron chi connectivity index (χ0n) is 12.2.